The fraction of sp³-hybridized carbons (Fsp3) is 0.308. The summed E-state index contributed by atoms with van der Waals surface area (Å²) in [5.41, 5.74) is 6.24. The van der Waals surface area contributed by atoms with E-state index in [4.69, 9.17) is 15.2 Å². The molecule has 1 aromatic carbocycles. The van der Waals surface area contributed by atoms with E-state index in [1.165, 1.54) is 32.4 Å². The first kappa shape index (κ1) is 14.1. The lowest BCUT2D eigenvalue weighted by molar-refractivity contribution is 0.0172. The molecule has 0 aliphatic carbocycles. The van der Waals surface area contributed by atoms with E-state index in [2.05, 4.69) is 10.2 Å². The van der Waals surface area contributed by atoms with Gasteiger partial charge >= 0.3 is 0 Å². The number of H-pyrrole nitrogens is 1. The lowest BCUT2D eigenvalue weighted by atomic mass is 10.0. The van der Waals surface area contributed by atoms with Gasteiger partial charge in [0.05, 0.1) is 19.9 Å². The van der Waals surface area contributed by atoms with Gasteiger partial charge < -0.3 is 15.2 Å². The van der Waals surface area contributed by atoms with Gasteiger partial charge in [-0.3, -0.25) is 5.10 Å². The van der Waals surface area contributed by atoms with E-state index in [-0.39, 0.29) is 17.1 Å². The summed E-state index contributed by atoms with van der Waals surface area (Å²) in [6, 6.07) is 4.12. The van der Waals surface area contributed by atoms with Crippen molar-refractivity contribution in [3.8, 4) is 22.8 Å². The van der Waals surface area contributed by atoms with Crippen LogP contribution in [-0.4, -0.2) is 24.4 Å². The number of nitrogens with one attached hydrogen (secondary N) is 1. The molecule has 108 valence electrons. The smallest absolute Gasteiger partial charge is 0.270 e. The molecule has 1 heterocycles. The number of halogens is 2. The SMILES string of the molecule is COc1cc(C(C)(F)F)cc(-c2cc(N)n[nH]2)c1OC. The highest BCUT2D eigenvalue weighted by molar-refractivity contribution is 5.74. The van der Waals surface area contributed by atoms with Gasteiger partial charge in [-0.25, -0.2) is 8.78 Å². The molecule has 20 heavy (non-hydrogen) atoms. The molecule has 2 rings (SSSR count). The van der Waals surface area contributed by atoms with Crippen LogP contribution in [0.15, 0.2) is 18.2 Å². The number of nitrogens with two attached hydrogens (primary N) is 1. The number of rotatable bonds is 4. The topological polar surface area (TPSA) is 73.2 Å². The molecule has 0 saturated heterocycles. The van der Waals surface area contributed by atoms with Crippen LogP contribution in [0, 0.1) is 0 Å². The summed E-state index contributed by atoms with van der Waals surface area (Å²) < 4.78 is 37.5. The number of benzene rings is 1. The summed E-state index contributed by atoms with van der Waals surface area (Å²) in [5.74, 6) is -2.19. The zero-order valence-corrected chi connectivity index (χ0v) is 11.3. The molecule has 0 spiro atoms. The van der Waals surface area contributed by atoms with Crippen LogP contribution in [-0.2, 0) is 5.92 Å². The number of aromatic nitrogens is 2. The van der Waals surface area contributed by atoms with Crippen LogP contribution in [0.4, 0.5) is 14.6 Å². The fourth-order valence-corrected chi connectivity index (χ4v) is 1.89. The fourth-order valence-electron chi connectivity index (χ4n) is 1.89. The van der Waals surface area contributed by atoms with Crippen LogP contribution in [0.3, 0.4) is 0 Å². The number of alkyl halides is 2. The van der Waals surface area contributed by atoms with Crippen molar-refractivity contribution < 1.29 is 18.3 Å². The highest BCUT2D eigenvalue weighted by Gasteiger charge is 2.28. The zero-order chi connectivity index (χ0) is 14.9. The molecule has 0 fully saturated rings. The number of hydrogen-bond donors (Lipinski definition) is 2. The van der Waals surface area contributed by atoms with Crippen LogP contribution < -0.4 is 15.2 Å². The van der Waals surface area contributed by atoms with Crippen molar-refractivity contribution >= 4 is 5.82 Å². The van der Waals surface area contributed by atoms with Crippen LogP contribution >= 0.6 is 0 Å². The minimum absolute atomic E-state index is 0.182. The number of nitrogens with zero attached hydrogens (tertiary/aromatic N) is 1. The Kier molecular flexibility index (Phi) is 3.52. The number of anilines is 1. The van der Waals surface area contributed by atoms with Gasteiger partial charge in [0.25, 0.3) is 5.92 Å². The predicted octanol–water partition coefficient (Wildman–Crippen LogP) is 2.79. The van der Waals surface area contributed by atoms with Crippen molar-refractivity contribution in [1.29, 1.82) is 0 Å². The Balaban J connectivity index is 2.69. The predicted molar refractivity (Wildman–Crippen MR) is 71.1 cm³/mol. The third-order valence-corrected chi connectivity index (χ3v) is 2.87. The molecule has 0 aliphatic heterocycles. The van der Waals surface area contributed by atoms with E-state index in [9.17, 15) is 8.78 Å². The minimum Gasteiger partial charge on any atom is -0.493 e. The second-order valence-electron chi connectivity index (χ2n) is 4.35. The number of hydrogen-bond acceptors (Lipinski definition) is 4. The summed E-state index contributed by atoms with van der Waals surface area (Å²) in [6.07, 6.45) is 0. The molecule has 0 bridgehead atoms. The molecule has 0 aliphatic rings. The third-order valence-electron chi connectivity index (χ3n) is 2.87. The Morgan fingerprint density at radius 3 is 2.35 bits per heavy atom. The van der Waals surface area contributed by atoms with Crippen LogP contribution in [0.2, 0.25) is 0 Å². The van der Waals surface area contributed by atoms with Crippen LogP contribution in [0.1, 0.15) is 12.5 Å². The van der Waals surface area contributed by atoms with Crippen molar-refractivity contribution in [2.45, 2.75) is 12.8 Å². The van der Waals surface area contributed by atoms with Gasteiger partial charge in [-0.1, -0.05) is 0 Å². The Morgan fingerprint density at radius 2 is 1.90 bits per heavy atom. The monoisotopic (exact) mass is 283 g/mol. The lowest BCUT2D eigenvalue weighted by Gasteiger charge is -2.17. The van der Waals surface area contributed by atoms with Gasteiger partial charge in [0.15, 0.2) is 11.5 Å². The minimum atomic E-state index is -3.00. The number of ether oxygens (including phenoxy) is 2. The first-order chi connectivity index (χ1) is 9.36. The third kappa shape index (κ3) is 2.52. The van der Waals surface area contributed by atoms with Crippen molar-refractivity contribution in [2.75, 3.05) is 20.0 Å². The highest BCUT2D eigenvalue weighted by Crippen LogP contribution is 2.42. The molecule has 0 atom stereocenters. The normalized spacial score (nSPS) is 11.4. The summed E-state index contributed by atoms with van der Waals surface area (Å²) in [6.45, 7) is 0.819. The molecule has 1 aromatic heterocycles. The number of methoxy groups -OCH3 is 2. The van der Waals surface area contributed by atoms with Crippen molar-refractivity contribution in [3.05, 3.63) is 23.8 Å². The van der Waals surface area contributed by atoms with E-state index in [0.29, 0.717) is 17.0 Å². The van der Waals surface area contributed by atoms with E-state index in [0.717, 1.165) is 6.92 Å². The lowest BCUT2D eigenvalue weighted by Crippen LogP contribution is -2.08. The standard InChI is InChI=1S/C13H15F2N3O2/c1-13(14,15)7-4-8(9-6-11(16)18-17-9)12(20-3)10(5-7)19-2/h4-6H,1-3H3,(H3,16,17,18). The quantitative estimate of drug-likeness (QED) is 0.905. The van der Waals surface area contributed by atoms with E-state index in [1.54, 1.807) is 0 Å². The first-order valence-corrected chi connectivity index (χ1v) is 5.82. The second kappa shape index (κ2) is 4.99. The van der Waals surface area contributed by atoms with Gasteiger partial charge in [-0.2, -0.15) is 5.10 Å². The van der Waals surface area contributed by atoms with Gasteiger partial charge in [0, 0.05) is 24.1 Å². The van der Waals surface area contributed by atoms with Gasteiger partial charge in [0.1, 0.15) is 5.82 Å². The van der Waals surface area contributed by atoms with Gasteiger partial charge in [0.2, 0.25) is 0 Å². The molecule has 2 aromatic rings. The molecule has 5 nitrogen and oxygen atoms in total. The van der Waals surface area contributed by atoms with E-state index < -0.39 is 5.92 Å². The molecule has 0 saturated carbocycles. The summed E-state index contributed by atoms with van der Waals surface area (Å²) in [7, 11) is 2.82. The maximum atomic E-state index is 13.6. The number of nitrogen functional groups attached to an aromatic ring is 1. The van der Waals surface area contributed by atoms with Crippen molar-refractivity contribution in [1.82, 2.24) is 10.2 Å². The first-order valence-electron chi connectivity index (χ1n) is 5.82. The molecule has 3 N–H and O–H groups in total. The maximum Gasteiger partial charge on any atom is 0.270 e. The zero-order valence-electron chi connectivity index (χ0n) is 11.3. The van der Waals surface area contributed by atoms with E-state index in [1.807, 2.05) is 0 Å². The highest BCUT2D eigenvalue weighted by atomic mass is 19.3. The Hall–Kier alpha value is -2.31. The van der Waals surface area contributed by atoms with Crippen LogP contribution in [0.5, 0.6) is 11.5 Å². The van der Waals surface area contributed by atoms with Crippen LogP contribution in [0.25, 0.3) is 11.3 Å². The van der Waals surface area contributed by atoms with Crippen molar-refractivity contribution in [2.24, 2.45) is 0 Å². The molecule has 0 amide bonds. The summed E-state index contributed by atoms with van der Waals surface area (Å²) >= 11 is 0. The molecular weight excluding hydrogens is 268 g/mol. The molecule has 7 heteroatoms. The second-order valence-corrected chi connectivity index (χ2v) is 4.35. The summed E-state index contributed by atoms with van der Waals surface area (Å²) in [4.78, 5) is 0. The van der Waals surface area contributed by atoms with Gasteiger partial charge in [-0.05, 0) is 12.1 Å². The van der Waals surface area contributed by atoms with Gasteiger partial charge in [-0.15, -0.1) is 0 Å². The Labute approximate surface area is 114 Å². The molecule has 0 unspecified atom stereocenters. The largest absolute Gasteiger partial charge is 0.493 e. The average molecular weight is 283 g/mol. The number of aromatic amines is 1. The van der Waals surface area contributed by atoms with E-state index >= 15 is 0 Å². The average Bonchev–Trinajstić information content (AvgIpc) is 2.82. The molecular formula is C13H15F2N3O2. The Morgan fingerprint density at radius 1 is 1.20 bits per heavy atom. The summed E-state index contributed by atoms with van der Waals surface area (Å²) in [5, 5.41) is 6.46. The van der Waals surface area contributed by atoms with Crippen molar-refractivity contribution in [3.63, 3.8) is 0 Å². The Bertz CT molecular complexity index is 621. The maximum absolute atomic E-state index is 13.6. The molecule has 0 radical (unpaired) electrons.